The minimum atomic E-state index is -3.46. The van der Waals surface area contributed by atoms with Gasteiger partial charge in [-0.3, -0.25) is 9.52 Å². The van der Waals surface area contributed by atoms with Gasteiger partial charge in [0.25, 0.3) is 0 Å². The quantitative estimate of drug-likeness (QED) is 0.853. The number of carboxylic acid groups (broad SMARTS) is 1. The second-order valence-electron chi connectivity index (χ2n) is 4.73. The van der Waals surface area contributed by atoms with Crippen LogP contribution >= 0.6 is 0 Å². The van der Waals surface area contributed by atoms with E-state index >= 15 is 0 Å². The van der Waals surface area contributed by atoms with E-state index in [4.69, 9.17) is 9.84 Å². The number of carboxylic acids is 1. The third-order valence-electron chi connectivity index (χ3n) is 3.15. The van der Waals surface area contributed by atoms with Gasteiger partial charge in [-0.05, 0) is 30.5 Å². The molecule has 1 aliphatic heterocycles. The number of ether oxygens (including phenoxy) is 1. The Bertz CT molecular complexity index is 578. The van der Waals surface area contributed by atoms with E-state index in [1.54, 1.807) is 24.3 Å². The molecule has 0 radical (unpaired) electrons. The van der Waals surface area contributed by atoms with Gasteiger partial charge >= 0.3 is 5.97 Å². The highest BCUT2D eigenvalue weighted by Gasteiger charge is 2.27. The van der Waals surface area contributed by atoms with Crippen LogP contribution in [0.4, 0.5) is 5.69 Å². The molecule has 20 heavy (non-hydrogen) atoms. The molecule has 6 nitrogen and oxygen atoms in total. The van der Waals surface area contributed by atoms with Crippen molar-refractivity contribution in [2.24, 2.45) is 0 Å². The van der Waals surface area contributed by atoms with Crippen molar-refractivity contribution in [2.45, 2.75) is 24.5 Å². The number of sulfonamides is 1. The molecule has 2 N–H and O–H groups in total. The van der Waals surface area contributed by atoms with Crippen LogP contribution in [0.15, 0.2) is 24.3 Å². The lowest BCUT2D eigenvalue weighted by atomic mass is 10.1. The molecule has 2 rings (SSSR count). The van der Waals surface area contributed by atoms with Crippen LogP contribution in [0.5, 0.6) is 0 Å². The molecular formula is C13H17NO5S. The number of carbonyl (C=O) groups is 1. The van der Waals surface area contributed by atoms with E-state index in [0.29, 0.717) is 37.3 Å². The molecule has 0 aliphatic carbocycles. The summed E-state index contributed by atoms with van der Waals surface area (Å²) in [5, 5.41) is 8.28. The van der Waals surface area contributed by atoms with Gasteiger partial charge in [-0.25, -0.2) is 8.42 Å². The number of hydrogen-bond donors (Lipinski definition) is 2. The Morgan fingerprint density at radius 1 is 1.35 bits per heavy atom. The molecule has 0 spiro atoms. The minimum Gasteiger partial charge on any atom is -0.481 e. The third kappa shape index (κ3) is 3.94. The zero-order chi connectivity index (χ0) is 14.6. The van der Waals surface area contributed by atoms with Gasteiger partial charge in [-0.15, -0.1) is 0 Å². The maximum atomic E-state index is 12.2. The van der Waals surface area contributed by atoms with Crippen LogP contribution in [0.25, 0.3) is 0 Å². The maximum absolute atomic E-state index is 12.2. The maximum Gasteiger partial charge on any atom is 0.307 e. The third-order valence-corrected chi connectivity index (χ3v) is 5.02. The summed E-state index contributed by atoms with van der Waals surface area (Å²) in [5.74, 6) is -0.950. The van der Waals surface area contributed by atoms with Gasteiger partial charge in [0.2, 0.25) is 10.0 Å². The van der Waals surface area contributed by atoms with Crippen LogP contribution < -0.4 is 4.72 Å². The average Bonchev–Trinajstić information content (AvgIpc) is 2.39. The molecule has 0 atom stereocenters. The highest BCUT2D eigenvalue weighted by Crippen LogP contribution is 2.20. The van der Waals surface area contributed by atoms with Gasteiger partial charge in [0, 0.05) is 18.9 Å². The number of nitrogens with one attached hydrogen (secondary N) is 1. The largest absolute Gasteiger partial charge is 0.481 e. The molecular weight excluding hydrogens is 282 g/mol. The van der Waals surface area contributed by atoms with Gasteiger partial charge in [-0.2, -0.15) is 0 Å². The highest BCUT2D eigenvalue weighted by atomic mass is 32.2. The Labute approximate surface area is 117 Å². The first kappa shape index (κ1) is 14.8. The van der Waals surface area contributed by atoms with Crippen molar-refractivity contribution >= 4 is 21.7 Å². The minimum absolute atomic E-state index is 0.132. The molecule has 0 amide bonds. The first-order chi connectivity index (χ1) is 9.47. The van der Waals surface area contributed by atoms with Gasteiger partial charge in [0.05, 0.1) is 11.7 Å². The molecule has 1 heterocycles. The first-order valence-corrected chi connectivity index (χ1v) is 7.92. The van der Waals surface area contributed by atoms with Crippen LogP contribution in [0.1, 0.15) is 18.4 Å². The molecule has 1 aromatic rings. The fourth-order valence-corrected chi connectivity index (χ4v) is 3.59. The molecule has 0 aromatic heterocycles. The first-order valence-electron chi connectivity index (χ1n) is 6.37. The highest BCUT2D eigenvalue weighted by molar-refractivity contribution is 7.93. The van der Waals surface area contributed by atoms with Gasteiger partial charge in [0.15, 0.2) is 0 Å². The number of aliphatic carboxylic acids is 1. The van der Waals surface area contributed by atoms with E-state index < -0.39 is 21.2 Å². The summed E-state index contributed by atoms with van der Waals surface area (Å²) >= 11 is 0. The summed E-state index contributed by atoms with van der Waals surface area (Å²) in [7, 11) is -3.46. The SMILES string of the molecule is O=C(O)Cc1cccc(NS(=O)(=O)C2CCOCC2)c1. The Balaban J connectivity index is 2.10. The van der Waals surface area contributed by atoms with E-state index in [0.717, 1.165) is 0 Å². The smallest absolute Gasteiger partial charge is 0.307 e. The van der Waals surface area contributed by atoms with Gasteiger partial charge in [0.1, 0.15) is 0 Å². The molecule has 1 aliphatic rings. The summed E-state index contributed by atoms with van der Waals surface area (Å²) in [4.78, 5) is 10.7. The van der Waals surface area contributed by atoms with Crippen LogP contribution in [0.3, 0.4) is 0 Å². The molecule has 1 aromatic carbocycles. The van der Waals surface area contributed by atoms with E-state index in [-0.39, 0.29) is 6.42 Å². The second kappa shape index (κ2) is 6.23. The average molecular weight is 299 g/mol. The number of anilines is 1. The summed E-state index contributed by atoms with van der Waals surface area (Å²) in [6, 6.07) is 6.45. The zero-order valence-corrected chi connectivity index (χ0v) is 11.7. The number of hydrogen-bond acceptors (Lipinski definition) is 4. The Hall–Kier alpha value is -1.60. The van der Waals surface area contributed by atoms with Crippen molar-refractivity contribution in [3.8, 4) is 0 Å². The van der Waals surface area contributed by atoms with Crippen molar-refractivity contribution in [3.63, 3.8) is 0 Å². The summed E-state index contributed by atoms with van der Waals surface area (Å²) in [5.41, 5.74) is 0.958. The lowest BCUT2D eigenvalue weighted by molar-refractivity contribution is -0.136. The molecule has 0 saturated carbocycles. The molecule has 110 valence electrons. The van der Waals surface area contributed by atoms with Gasteiger partial charge < -0.3 is 9.84 Å². The van der Waals surface area contributed by atoms with Crippen molar-refractivity contribution in [3.05, 3.63) is 29.8 Å². The van der Waals surface area contributed by atoms with E-state index in [1.807, 2.05) is 0 Å². The standard InChI is InChI=1S/C13H17NO5S/c15-13(16)9-10-2-1-3-11(8-10)14-20(17,18)12-4-6-19-7-5-12/h1-3,8,12,14H,4-7,9H2,(H,15,16). The topological polar surface area (TPSA) is 92.7 Å². The summed E-state index contributed by atoms with van der Waals surface area (Å²) in [6.07, 6.45) is 0.821. The predicted molar refractivity (Wildman–Crippen MR) is 74.2 cm³/mol. The fourth-order valence-electron chi connectivity index (χ4n) is 2.15. The summed E-state index contributed by atoms with van der Waals surface area (Å²) < 4.78 is 32.1. The lowest BCUT2D eigenvalue weighted by Crippen LogP contribution is -2.33. The van der Waals surface area contributed by atoms with Crippen LogP contribution in [-0.4, -0.2) is 38.0 Å². The summed E-state index contributed by atoms with van der Waals surface area (Å²) in [6.45, 7) is 0.898. The van der Waals surface area contributed by atoms with Gasteiger partial charge in [-0.1, -0.05) is 12.1 Å². The van der Waals surface area contributed by atoms with Crippen LogP contribution in [0, 0.1) is 0 Å². The van der Waals surface area contributed by atoms with Crippen molar-refractivity contribution in [1.29, 1.82) is 0 Å². The normalized spacial score (nSPS) is 16.8. The second-order valence-corrected chi connectivity index (χ2v) is 6.69. The monoisotopic (exact) mass is 299 g/mol. The Kier molecular flexibility index (Phi) is 4.61. The lowest BCUT2D eigenvalue weighted by Gasteiger charge is -2.22. The fraction of sp³-hybridized carbons (Fsp3) is 0.462. The Morgan fingerprint density at radius 2 is 2.05 bits per heavy atom. The van der Waals surface area contributed by atoms with E-state index in [9.17, 15) is 13.2 Å². The van der Waals surface area contributed by atoms with Crippen LogP contribution in [-0.2, 0) is 26.0 Å². The van der Waals surface area contributed by atoms with E-state index in [2.05, 4.69) is 4.72 Å². The molecule has 1 saturated heterocycles. The van der Waals surface area contributed by atoms with Crippen molar-refractivity contribution < 1.29 is 23.1 Å². The van der Waals surface area contributed by atoms with Crippen molar-refractivity contribution in [1.82, 2.24) is 0 Å². The van der Waals surface area contributed by atoms with Crippen molar-refractivity contribution in [2.75, 3.05) is 17.9 Å². The van der Waals surface area contributed by atoms with Crippen LogP contribution in [0.2, 0.25) is 0 Å². The number of benzene rings is 1. The Morgan fingerprint density at radius 3 is 2.70 bits per heavy atom. The molecule has 7 heteroatoms. The molecule has 0 bridgehead atoms. The molecule has 0 unspecified atom stereocenters. The predicted octanol–water partition coefficient (Wildman–Crippen LogP) is 1.23. The zero-order valence-electron chi connectivity index (χ0n) is 10.9. The number of rotatable bonds is 5. The molecule has 1 fully saturated rings. The van der Waals surface area contributed by atoms with E-state index in [1.165, 1.54) is 0 Å².